The Balaban J connectivity index is 0.00000256. The van der Waals surface area contributed by atoms with Crippen molar-refractivity contribution in [2.45, 2.75) is 6.92 Å². The molecular weight excluding hydrogens is 451 g/mol. The highest BCUT2D eigenvalue weighted by Crippen LogP contribution is 2.18. The Labute approximate surface area is 200 Å². The minimum Gasteiger partial charge on any atom is -0.369 e. The molecule has 0 unspecified atom stereocenters. The number of allylic oxidation sites excluding steroid dienone is 1. The molecule has 1 amide bonds. The molecule has 3 rings (SSSR count). The van der Waals surface area contributed by atoms with Crippen LogP contribution in [0.1, 0.15) is 28.5 Å². The first-order chi connectivity index (χ1) is 14.6. The topological polar surface area (TPSA) is 85.8 Å². The van der Waals surface area contributed by atoms with E-state index in [9.17, 15) is 9.59 Å². The number of anilines is 1. The number of piperazine rings is 1. The van der Waals surface area contributed by atoms with Gasteiger partial charge in [0.2, 0.25) is 0 Å². The number of carbonyl (C=O) groups excluding carboxylic acids is 2. The van der Waals surface area contributed by atoms with E-state index in [2.05, 4.69) is 21.7 Å². The van der Waals surface area contributed by atoms with Gasteiger partial charge in [0.1, 0.15) is 0 Å². The van der Waals surface area contributed by atoms with E-state index in [0.29, 0.717) is 11.3 Å². The molecule has 0 radical (unpaired) electrons. The SMILES string of the molecule is CCN1CCN(c2ccc(C(=O)C=Cc3ccc(C=CC(=O)NO)nc3)cc2)CC1.Cl.Cl. The second kappa shape index (κ2) is 13.6. The summed E-state index contributed by atoms with van der Waals surface area (Å²) in [6.45, 7) is 7.41. The van der Waals surface area contributed by atoms with Crippen molar-refractivity contribution in [3.05, 3.63) is 71.6 Å². The maximum atomic E-state index is 12.5. The third-order valence-electron chi connectivity index (χ3n) is 5.09. The van der Waals surface area contributed by atoms with Crippen molar-refractivity contribution in [2.24, 2.45) is 0 Å². The molecule has 9 heteroatoms. The number of hydrogen-bond acceptors (Lipinski definition) is 6. The molecule has 0 atom stereocenters. The van der Waals surface area contributed by atoms with Gasteiger partial charge in [-0.3, -0.25) is 19.8 Å². The molecule has 2 heterocycles. The summed E-state index contributed by atoms with van der Waals surface area (Å²) in [5, 5.41) is 8.46. The Bertz CT molecular complexity index is 923. The lowest BCUT2D eigenvalue weighted by Crippen LogP contribution is -2.46. The fraction of sp³-hybridized carbons (Fsp3) is 0.261. The number of hydroxylamine groups is 1. The Morgan fingerprint density at radius 1 is 1.00 bits per heavy atom. The molecule has 0 saturated carbocycles. The predicted molar refractivity (Wildman–Crippen MR) is 132 cm³/mol. The van der Waals surface area contributed by atoms with E-state index in [0.717, 1.165) is 44.0 Å². The molecule has 0 spiro atoms. The fourth-order valence-corrected chi connectivity index (χ4v) is 3.24. The van der Waals surface area contributed by atoms with Gasteiger partial charge in [0.15, 0.2) is 5.78 Å². The maximum Gasteiger partial charge on any atom is 0.267 e. The second-order valence-electron chi connectivity index (χ2n) is 6.99. The second-order valence-corrected chi connectivity index (χ2v) is 6.99. The molecule has 2 N–H and O–H groups in total. The van der Waals surface area contributed by atoms with E-state index in [1.807, 2.05) is 24.3 Å². The van der Waals surface area contributed by atoms with E-state index in [-0.39, 0.29) is 30.6 Å². The number of nitrogens with zero attached hydrogens (tertiary/aromatic N) is 3. The molecule has 2 aromatic rings. The van der Waals surface area contributed by atoms with Crippen molar-refractivity contribution >= 4 is 54.3 Å². The van der Waals surface area contributed by atoms with E-state index in [4.69, 9.17) is 5.21 Å². The van der Waals surface area contributed by atoms with Crippen LogP contribution in [0.4, 0.5) is 5.69 Å². The van der Waals surface area contributed by atoms with Crippen molar-refractivity contribution in [3.63, 3.8) is 0 Å². The average molecular weight is 479 g/mol. The number of hydrogen-bond donors (Lipinski definition) is 2. The monoisotopic (exact) mass is 478 g/mol. The quantitative estimate of drug-likeness (QED) is 0.274. The lowest BCUT2D eigenvalue weighted by Gasteiger charge is -2.35. The molecule has 0 bridgehead atoms. The number of aromatic nitrogens is 1. The first-order valence-electron chi connectivity index (χ1n) is 9.97. The van der Waals surface area contributed by atoms with Gasteiger partial charge in [0.25, 0.3) is 5.91 Å². The minimum atomic E-state index is -0.624. The summed E-state index contributed by atoms with van der Waals surface area (Å²) in [5.74, 6) is -0.693. The summed E-state index contributed by atoms with van der Waals surface area (Å²) in [6.07, 6.45) is 7.50. The first-order valence-corrected chi connectivity index (χ1v) is 9.97. The highest BCUT2D eigenvalue weighted by atomic mass is 35.5. The normalized spacial score (nSPS) is 14.1. The van der Waals surface area contributed by atoms with Gasteiger partial charge in [-0.15, -0.1) is 24.8 Å². The third-order valence-corrected chi connectivity index (χ3v) is 5.09. The molecule has 1 aliphatic heterocycles. The summed E-state index contributed by atoms with van der Waals surface area (Å²) >= 11 is 0. The van der Waals surface area contributed by atoms with Gasteiger partial charge < -0.3 is 9.80 Å². The van der Waals surface area contributed by atoms with Gasteiger partial charge in [-0.25, -0.2) is 5.48 Å². The van der Waals surface area contributed by atoms with Crippen LogP contribution in [0.25, 0.3) is 12.2 Å². The molecule has 32 heavy (non-hydrogen) atoms. The summed E-state index contributed by atoms with van der Waals surface area (Å²) in [6, 6.07) is 11.3. The maximum absolute atomic E-state index is 12.5. The predicted octanol–water partition coefficient (Wildman–Crippen LogP) is 3.48. The zero-order valence-electron chi connectivity index (χ0n) is 17.8. The number of benzene rings is 1. The molecular formula is C23H28Cl2N4O3. The van der Waals surface area contributed by atoms with Crippen molar-refractivity contribution in [1.82, 2.24) is 15.4 Å². The molecule has 0 aliphatic carbocycles. The largest absolute Gasteiger partial charge is 0.369 e. The van der Waals surface area contributed by atoms with Crippen LogP contribution in [0.15, 0.2) is 54.7 Å². The number of halogens is 2. The molecule has 1 fully saturated rings. The number of carbonyl (C=O) groups is 2. The highest BCUT2D eigenvalue weighted by Gasteiger charge is 2.15. The highest BCUT2D eigenvalue weighted by molar-refractivity contribution is 6.07. The molecule has 1 aromatic carbocycles. The van der Waals surface area contributed by atoms with Crippen molar-refractivity contribution in [3.8, 4) is 0 Å². The van der Waals surface area contributed by atoms with Gasteiger partial charge in [0.05, 0.1) is 5.69 Å². The van der Waals surface area contributed by atoms with Crippen LogP contribution in [0.5, 0.6) is 0 Å². The summed E-state index contributed by atoms with van der Waals surface area (Å²) in [7, 11) is 0. The van der Waals surface area contributed by atoms with Crippen LogP contribution >= 0.6 is 24.8 Å². The summed E-state index contributed by atoms with van der Waals surface area (Å²) in [4.78, 5) is 32.4. The van der Waals surface area contributed by atoms with Gasteiger partial charge in [0, 0.05) is 49.7 Å². The molecule has 172 valence electrons. The first kappa shape index (κ1) is 27.3. The smallest absolute Gasteiger partial charge is 0.267 e. The number of nitrogens with one attached hydrogen (secondary N) is 1. The number of rotatable bonds is 7. The van der Waals surface area contributed by atoms with E-state index in [1.54, 1.807) is 24.4 Å². The van der Waals surface area contributed by atoms with Crippen LogP contribution in [-0.4, -0.2) is 59.5 Å². The van der Waals surface area contributed by atoms with Crippen LogP contribution in [-0.2, 0) is 4.79 Å². The summed E-state index contributed by atoms with van der Waals surface area (Å²) in [5.41, 5.74) is 4.65. The lowest BCUT2D eigenvalue weighted by atomic mass is 10.1. The van der Waals surface area contributed by atoms with Gasteiger partial charge in [-0.2, -0.15) is 0 Å². The van der Waals surface area contributed by atoms with Crippen LogP contribution in [0.2, 0.25) is 0 Å². The zero-order valence-corrected chi connectivity index (χ0v) is 19.4. The fourth-order valence-electron chi connectivity index (χ4n) is 3.24. The van der Waals surface area contributed by atoms with Crippen LogP contribution in [0.3, 0.4) is 0 Å². The van der Waals surface area contributed by atoms with Crippen LogP contribution < -0.4 is 10.4 Å². The van der Waals surface area contributed by atoms with E-state index < -0.39 is 5.91 Å². The number of likely N-dealkylation sites (N-methyl/N-ethyl adjacent to an activating group) is 1. The van der Waals surface area contributed by atoms with Crippen molar-refractivity contribution < 1.29 is 14.8 Å². The third kappa shape index (κ3) is 7.76. The molecule has 1 saturated heterocycles. The lowest BCUT2D eigenvalue weighted by molar-refractivity contribution is -0.124. The number of ketones is 1. The van der Waals surface area contributed by atoms with E-state index in [1.165, 1.54) is 23.7 Å². The molecule has 1 aliphatic rings. The van der Waals surface area contributed by atoms with Crippen LogP contribution in [0, 0.1) is 0 Å². The zero-order chi connectivity index (χ0) is 21.3. The summed E-state index contributed by atoms with van der Waals surface area (Å²) < 4.78 is 0. The van der Waals surface area contributed by atoms with Gasteiger partial charge in [-0.05, 0) is 60.7 Å². The average Bonchev–Trinajstić information content (AvgIpc) is 2.81. The Kier molecular flexibility index (Phi) is 11.7. The van der Waals surface area contributed by atoms with E-state index >= 15 is 0 Å². The van der Waals surface area contributed by atoms with Gasteiger partial charge in [-0.1, -0.05) is 13.0 Å². The number of amides is 1. The minimum absolute atomic E-state index is 0. The van der Waals surface area contributed by atoms with Gasteiger partial charge >= 0.3 is 0 Å². The standard InChI is InChI=1S/C23H26N4O3.2ClH/c1-2-26-13-15-27(16-14-26)21-9-5-19(6-10-21)22(28)11-4-18-3-7-20(24-17-18)8-12-23(29)25-30;;/h3-12,17,30H,2,13-16H2,1H3,(H,25,29);2*1H. The van der Waals surface area contributed by atoms with Crippen molar-refractivity contribution in [2.75, 3.05) is 37.6 Å². The Morgan fingerprint density at radius 3 is 2.25 bits per heavy atom. The number of pyridine rings is 1. The molecule has 1 aromatic heterocycles. The Morgan fingerprint density at radius 2 is 1.69 bits per heavy atom. The van der Waals surface area contributed by atoms with Crippen molar-refractivity contribution in [1.29, 1.82) is 0 Å². The molecule has 7 nitrogen and oxygen atoms in total. The Hall–Kier alpha value is -2.71.